The van der Waals surface area contributed by atoms with Gasteiger partial charge < -0.3 is 4.57 Å². The van der Waals surface area contributed by atoms with Crippen molar-refractivity contribution in [1.82, 2.24) is 18.7 Å². The number of rotatable bonds is 5. The number of aryl methyl sites for hydroxylation is 1. The van der Waals surface area contributed by atoms with E-state index in [9.17, 15) is 14.4 Å². The molecule has 7 nitrogen and oxygen atoms in total. The summed E-state index contributed by atoms with van der Waals surface area (Å²) >= 11 is 9.14. The van der Waals surface area contributed by atoms with Gasteiger partial charge >= 0.3 is 5.69 Å². The molecular formula is C17H14BrClN4O3. The minimum absolute atomic E-state index is 0.138. The Labute approximate surface area is 161 Å². The van der Waals surface area contributed by atoms with E-state index in [0.717, 1.165) is 4.57 Å². The molecule has 2 heterocycles. The molecule has 0 radical (unpaired) electrons. The number of hydrogen-bond donors (Lipinski definition) is 0. The van der Waals surface area contributed by atoms with E-state index in [1.165, 1.54) is 16.2 Å². The number of carbonyl (C=O) groups excluding carboxylic acids is 1. The molecule has 0 bridgehead atoms. The summed E-state index contributed by atoms with van der Waals surface area (Å²) in [6, 6.07) is 8.48. The molecule has 3 aromatic rings. The molecule has 0 saturated carbocycles. The molecule has 0 unspecified atom stereocenters. The molecule has 9 heteroatoms. The highest BCUT2D eigenvalue weighted by molar-refractivity contribution is 9.10. The monoisotopic (exact) mass is 436 g/mol. The summed E-state index contributed by atoms with van der Waals surface area (Å²) in [6.45, 7) is 3.40. The topological polar surface area (TPSA) is 78.9 Å². The summed E-state index contributed by atoms with van der Waals surface area (Å²) < 4.78 is 3.98. The molecule has 0 fully saturated rings. The second kappa shape index (κ2) is 7.05. The Bertz CT molecular complexity index is 1140. The number of halogens is 2. The minimum Gasteiger partial charge on any atom is -0.307 e. The second-order valence-corrected chi connectivity index (χ2v) is 6.92. The van der Waals surface area contributed by atoms with Gasteiger partial charge in [0, 0.05) is 17.6 Å². The fourth-order valence-corrected chi connectivity index (χ4v) is 3.25. The van der Waals surface area contributed by atoms with Crippen molar-refractivity contribution in [3.05, 3.63) is 73.1 Å². The summed E-state index contributed by atoms with van der Waals surface area (Å²) in [5.74, 6) is -0.337. The molecule has 26 heavy (non-hydrogen) atoms. The Morgan fingerprint density at radius 3 is 2.46 bits per heavy atom. The molecule has 0 amide bonds. The third-order valence-corrected chi connectivity index (χ3v) is 4.64. The lowest BCUT2D eigenvalue weighted by Crippen LogP contribution is -2.41. The largest absolute Gasteiger partial charge is 0.332 e. The van der Waals surface area contributed by atoms with Crippen LogP contribution in [0.2, 0.25) is 0 Å². The van der Waals surface area contributed by atoms with Gasteiger partial charge in [0.25, 0.3) is 5.56 Å². The van der Waals surface area contributed by atoms with E-state index in [4.69, 9.17) is 11.6 Å². The van der Waals surface area contributed by atoms with Gasteiger partial charge in [-0.05, 0) is 15.9 Å². The number of ketones is 1. The fraction of sp³-hybridized carbons (Fsp3) is 0.176. The highest BCUT2D eigenvalue weighted by atomic mass is 79.9. The maximum absolute atomic E-state index is 12.9. The molecular weight excluding hydrogens is 424 g/mol. The first-order valence-electron chi connectivity index (χ1n) is 7.58. The highest BCUT2D eigenvalue weighted by Crippen LogP contribution is 2.18. The van der Waals surface area contributed by atoms with Crippen molar-refractivity contribution in [1.29, 1.82) is 0 Å². The van der Waals surface area contributed by atoms with Crippen molar-refractivity contribution in [2.24, 2.45) is 7.05 Å². The zero-order valence-corrected chi connectivity index (χ0v) is 16.1. The average molecular weight is 438 g/mol. The zero-order chi connectivity index (χ0) is 19.0. The molecule has 0 N–H and O–H groups in total. The summed E-state index contributed by atoms with van der Waals surface area (Å²) in [5.41, 5.74) is -0.433. The summed E-state index contributed by atoms with van der Waals surface area (Å²) in [4.78, 5) is 42.2. The van der Waals surface area contributed by atoms with Gasteiger partial charge in [-0.15, -0.1) is 0 Å². The van der Waals surface area contributed by atoms with Gasteiger partial charge in [-0.25, -0.2) is 9.78 Å². The summed E-state index contributed by atoms with van der Waals surface area (Å²) in [6.07, 6.45) is 0. The molecule has 0 saturated heterocycles. The van der Waals surface area contributed by atoms with Gasteiger partial charge in [0.2, 0.25) is 0 Å². The van der Waals surface area contributed by atoms with Crippen molar-refractivity contribution < 1.29 is 4.79 Å². The lowest BCUT2D eigenvalue weighted by atomic mass is 10.1. The van der Waals surface area contributed by atoms with Crippen molar-refractivity contribution >= 4 is 44.5 Å². The Hall–Kier alpha value is -2.45. The van der Waals surface area contributed by atoms with E-state index in [1.807, 2.05) is 0 Å². The van der Waals surface area contributed by atoms with Gasteiger partial charge in [-0.1, -0.05) is 48.5 Å². The number of Topliss-reactive ketones (excluding diaryl/α,β-unsaturated/α-hetero) is 1. The van der Waals surface area contributed by atoms with E-state index < -0.39 is 11.2 Å². The van der Waals surface area contributed by atoms with Crippen LogP contribution in [0.1, 0.15) is 10.4 Å². The Balaban J connectivity index is 2.20. The summed E-state index contributed by atoms with van der Waals surface area (Å²) in [5, 5.41) is 0.296. The Morgan fingerprint density at radius 1 is 1.19 bits per heavy atom. The van der Waals surface area contributed by atoms with Crippen LogP contribution in [0.5, 0.6) is 0 Å². The van der Waals surface area contributed by atoms with Gasteiger partial charge in [-0.2, -0.15) is 0 Å². The number of nitrogens with zero attached hydrogens (tertiary/aromatic N) is 4. The number of allylic oxidation sites excluding steroid dienone is 1. The van der Waals surface area contributed by atoms with E-state index >= 15 is 0 Å². The van der Waals surface area contributed by atoms with Crippen molar-refractivity contribution in [2.45, 2.75) is 13.1 Å². The van der Waals surface area contributed by atoms with Crippen LogP contribution < -0.4 is 11.2 Å². The first kappa shape index (κ1) is 18.3. The van der Waals surface area contributed by atoms with Gasteiger partial charge in [0.05, 0.1) is 13.1 Å². The van der Waals surface area contributed by atoms with Crippen LogP contribution in [0, 0.1) is 0 Å². The van der Waals surface area contributed by atoms with Gasteiger partial charge in [-0.3, -0.25) is 18.7 Å². The highest BCUT2D eigenvalue weighted by Gasteiger charge is 2.21. The number of hydrogen-bond acceptors (Lipinski definition) is 4. The molecule has 0 aliphatic rings. The third kappa shape index (κ3) is 3.17. The maximum atomic E-state index is 12.9. The van der Waals surface area contributed by atoms with Crippen LogP contribution in [0.3, 0.4) is 0 Å². The van der Waals surface area contributed by atoms with Crippen LogP contribution >= 0.6 is 27.5 Å². The standard InChI is InChI=1S/C17H14BrClN4O3/c1-10(19)8-22-13-14(20-16(22)18)21(2)17(26)23(15(13)25)9-12(24)11-6-4-3-5-7-11/h3-7H,1,8-9H2,2H3. The molecule has 3 rings (SSSR count). The SMILES string of the molecule is C=C(Cl)Cn1c(Br)nc2c1c(=O)n(CC(=O)c1ccccc1)c(=O)n2C. The Kier molecular flexibility index (Phi) is 4.97. The van der Waals surface area contributed by atoms with Crippen molar-refractivity contribution in [3.8, 4) is 0 Å². The predicted molar refractivity (Wildman–Crippen MR) is 103 cm³/mol. The number of benzene rings is 1. The normalized spacial score (nSPS) is 11.0. The van der Waals surface area contributed by atoms with Crippen LogP contribution in [0.15, 0.2) is 56.3 Å². The number of carbonyl (C=O) groups is 1. The lowest BCUT2D eigenvalue weighted by molar-refractivity contribution is 0.0969. The van der Waals surface area contributed by atoms with Crippen LogP contribution in [0.4, 0.5) is 0 Å². The van der Waals surface area contributed by atoms with E-state index in [1.54, 1.807) is 30.3 Å². The Morgan fingerprint density at radius 2 is 1.85 bits per heavy atom. The third-order valence-electron chi connectivity index (χ3n) is 3.91. The molecule has 0 aliphatic heterocycles. The zero-order valence-electron chi connectivity index (χ0n) is 13.8. The number of imidazole rings is 1. The predicted octanol–water partition coefficient (Wildman–Crippen LogP) is 2.29. The molecule has 134 valence electrons. The van der Waals surface area contributed by atoms with E-state index in [2.05, 4.69) is 27.5 Å². The first-order chi connectivity index (χ1) is 12.3. The maximum Gasteiger partial charge on any atom is 0.332 e. The van der Waals surface area contributed by atoms with Gasteiger partial charge in [0.15, 0.2) is 21.7 Å². The molecule has 0 spiro atoms. The van der Waals surface area contributed by atoms with Crippen LogP contribution in [0.25, 0.3) is 11.2 Å². The van der Waals surface area contributed by atoms with E-state index in [-0.39, 0.29) is 30.0 Å². The van der Waals surface area contributed by atoms with Crippen LogP contribution in [-0.2, 0) is 20.1 Å². The second-order valence-electron chi connectivity index (χ2n) is 5.68. The molecule has 2 aromatic heterocycles. The summed E-state index contributed by atoms with van der Waals surface area (Å²) in [7, 11) is 1.49. The number of fused-ring (bicyclic) bond motifs is 1. The van der Waals surface area contributed by atoms with Crippen molar-refractivity contribution in [2.75, 3.05) is 0 Å². The minimum atomic E-state index is -0.617. The lowest BCUT2D eigenvalue weighted by Gasteiger charge is -2.09. The molecule has 0 atom stereocenters. The molecule has 1 aromatic carbocycles. The molecule has 0 aliphatic carbocycles. The number of aromatic nitrogens is 4. The van der Waals surface area contributed by atoms with Crippen molar-refractivity contribution in [3.63, 3.8) is 0 Å². The quantitative estimate of drug-likeness (QED) is 0.453. The van der Waals surface area contributed by atoms with Crippen LogP contribution in [-0.4, -0.2) is 24.5 Å². The smallest absolute Gasteiger partial charge is 0.307 e. The first-order valence-corrected chi connectivity index (χ1v) is 8.75. The fourth-order valence-electron chi connectivity index (χ4n) is 2.66. The average Bonchev–Trinajstić information content (AvgIpc) is 2.93. The van der Waals surface area contributed by atoms with E-state index in [0.29, 0.717) is 15.3 Å². The van der Waals surface area contributed by atoms with Gasteiger partial charge in [0.1, 0.15) is 0 Å².